The molecule has 1 aliphatic rings. The molecule has 0 aromatic heterocycles. The van der Waals surface area contributed by atoms with Crippen molar-refractivity contribution in [3.63, 3.8) is 0 Å². The summed E-state index contributed by atoms with van der Waals surface area (Å²) in [4.78, 5) is 26.7. The van der Waals surface area contributed by atoms with Crippen molar-refractivity contribution in [2.75, 3.05) is 24.5 Å². The van der Waals surface area contributed by atoms with Gasteiger partial charge < -0.3 is 10.0 Å². The van der Waals surface area contributed by atoms with E-state index in [9.17, 15) is 9.59 Å². The third kappa shape index (κ3) is 3.17. The molecule has 0 saturated carbocycles. The van der Waals surface area contributed by atoms with E-state index in [-0.39, 0.29) is 25.0 Å². The molecule has 0 unspecified atom stereocenters. The fourth-order valence-electron chi connectivity index (χ4n) is 2.45. The van der Waals surface area contributed by atoms with E-state index in [1.54, 1.807) is 9.80 Å². The number of benzene rings is 1. The molecule has 0 bridgehead atoms. The van der Waals surface area contributed by atoms with Crippen LogP contribution in [0.4, 0.5) is 5.69 Å². The van der Waals surface area contributed by atoms with Gasteiger partial charge in [0, 0.05) is 18.3 Å². The predicted molar refractivity (Wildman–Crippen MR) is 76.8 cm³/mol. The van der Waals surface area contributed by atoms with Gasteiger partial charge in [-0.1, -0.05) is 18.2 Å². The molecule has 2 rings (SSSR count). The molecule has 1 aromatic rings. The summed E-state index contributed by atoms with van der Waals surface area (Å²) in [6.07, 6.45) is 0.864. The molecule has 1 aliphatic heterocycles. The molecular formula is C15H20N2O3. The Morgan fingerprint density at radius 1 is 1.30 bits per heavy atom. The first-order chi connectivity index (χ1) is 9.49. The summed E-state index contributed by atoms with van der Waals surface area (Å²) < 4.78 is 0. The summed E-state index contributed by atoms with van der Waals surface area (Å²) in [6.45, 7) is 4.50. The normalized spacial score (nSPS) is 13.9. The van der Waals surface area contributed by atoms with Crippen LogP contribution in [-0.4, -0.2) is 47.6 Å². The van der Waals surface area contributed by atoms with Crippen LogP contribution in [-0.2, 0) is 16.0 Å². The third-order valence-corrected chi connectivity index (χ3v) is 3.60. The SMILES string of the molecule is CC(C)N(CC(=O)O)CC(=O)N1CCc2ccccc21. The maximum atomic E-state index is 12.4. The Balaban J connectivity index is 2.07. The molecule has 0 atom stereocenters. The van der Waals surface area contributed by atoms with Gasteiger partial charge in [0.1, 0.15) is 0 Å². The third-order valence-electron chi connectivity index (χ3n) is 3.60. The number of rotatable bonds is 5. The highest BCUT2D eigenvalue weighted by atomic mass is 16.4. The first-order valence-electron chi connectivity index (χ1n) is 6.83. The number of fused-ring (bicyclic) bond motifs is 1. The Morgan fingerprint density at radius 2 is 2.00 bits per heavy atom. The van der Waals surface area contributed by atoms with Gasteiger partial charge >= 0.3 is 5.97 Å². The van der Waals surface area contributed by atoms with Crippen molar-refractivity contribution < 1.29 is 14.7 Å². The fourth-order valence-corrected chi connectivity index (χ4v) is 2.45. The van der Waals surface area contributed by atoms with Crippen molar-refractivity contribution in [3.05, 3.63) is 29.8 Å². The second-order valence-corrected chi connectivity index (χ2v) is 5.32. The number of carboxylic acid groups (broad SMARTS) is 1. The molecule has 0 fully saturated rings. The largest absolute Gasteiger partial charge is 0.480 e. The van der Waals surface area contributed by atoms with Crippen LogP contribution in [0.2, 0.25) is 0 Å². The van der Waals surface area contributed by atoms with Crippen LogP contribution in [0.25, 0.3) is 0 Å². The van der Waals surface area contributed by atoms with E-state index in [1.807, 2.05) is 38.1 Å². The number of carbonyl (C=O) groups excluding carboxylic acids is 1. The topological polar surface area (TPSA) is 60.9 Å². The lowest BCUT2D eigenvalue weighted by molar-refractivity contribution is -0.139. The quantitative estimate of drug-likeness (QED) is 0.882. The summed E-state index contributed by atoms with van der Waals surface area (Å²) >= 11 is 0. The van der Waals surface area contributed by atoms with Gasteiger partial charge in [0.05, 0.1) is 13.1 Å². The van der Waals surface area contributed by atoms with Crippen LogP contribution >= 0.6 is 0 Å². The van der Waals surface area contributed by atoms with Gasteiger partial charge in [0.25, 0.3) is 0 Å². The number of para-hydroxylation sites is 1. The minimum atomic E-state index is -0.909. The predicted octanol–water partition coefficient (Wildman–Crippen LogP) is 1.37. The minimum Gasteiger partial charge on any atom is -0.480 e. The number of hydrogen-bond acceptors (Lipinski definition) is 3. The standard InChI is InChI=1S/C15H20N2O3/c1-11(2)16(10-15(19)20)9-14(18)17-8-7-12-5-3-4-6-13(12)17/h3-6,11H,7-10H2,1-2H3,(H,19,20). The number of anilines is 1. The molecule has 0 saturated heterocycles. The van der Waals surface area contributed by atoms with Crippen molar-refractivity contribution in [2.45, 2.75) is 26.3 Å². The Hall–Kier alpha value is -1.88. The molecule has 5 heteroatoms. The van der Waals surface area contributed by atoms with Gasteiger partial charge in [-0.05, 0) is 31.9 Å². The zero-order chi connectivity index (χ0) is 14.7. The van der Waals surface area contributed by atoms with Gasteiger partial charge in [-0.3, -0.25) is 14.5 Å². The average Bonchev–Trinajstić information content (AvgIpc) is 2.81. The number of hydrogen-bond donors (Lipinski definition) is 1. The number of nitrogens with zero attached hydrogens (tertiary/aromatic N) is 2. The number of carboxylic acids is 1. The lowest BCUT2D eigenvalue weighted by Gasteiger charge is -2.26. The van der Waals surface area contributed by atoms with E-state index < -0.39 is 5.97 Å². The van der Waals surface area contributed by atoms with Crippen LogP contribution in [0.3, 0.4) is 0 Å². The minimum absolute atomic E-state index is 0.0212. The lowest BCUT2D eigenvalue weighted by atomic mass is 10.2. The summed E-state index contributed by atoms with van der Waals surface area (Å²) in [6, 6.07) is 7.88. The maximum absolute atomic E-state index is 12.4. The van der Waals surface area contributed by atoms with Crippen molar-refractivity contribution in [1.29, 1.82) is 0 Å². The molecule has 1 amide bonds. The van der Waals surface area contributed by atoms with Crippen molar-refractivity contribution in [1.82, 2.24) is 4.90 Å². The van der Waals surface area contributed by atoms with E-state index >= 15 is 0 Å². The van der Waals surface area contributed by atoms with Gasteiger partial charge in [-0.15, -0.1) is 0 Å². The molecule has 1 aromatic carbocycles. The van der Waals surface area contributed by atoms with E-state index in [1.165, 1.54) is 5.56 Å². The van der Waals surface area contributed by atoms with Gasteiger partial charge in [-0.25, -0.2) is 0 Å². The van der Waals surface area contributed by atoms with Gasteiger partial charge in [0.15, 0.2) is 0 Å². The number of carbonyl (C=O) groups is 2. The Bertz CT molecular complexity index is 514. The molecule has 0 spiro atoms. The van der Waals surface area contributed by atoms with Crippen LogP contribution < -0.4 is 4.90 Å². The van der Waals surface area contributed by atoms with Crippen LogP contribution in [0, 0.1) is 0 Å². The second-order valence-electron chi connectivity index (χ2n) is 5.32. The highest BCUT2D eigenvalue weighted by Gasteiger charge is 2.26. The van der Waals surface area contributed by atoms with E-state index in [2.05, 4.69) is 0 Å². The van der Waals surface area contributed by atoms with Crippen LogP contribution in [0.15, 0.2) is 24.3 Å². The highest BCUT2D eigenvalue weighted by molar-refractivity contribution is 5.97. The fraction of sp³-hybridized carbons (Fsp3) is 0.467. The molecular weight excluding hydrogens is 256 g/mol. The van der Waals surface area contributed by atoms with E-state index in [4.69, 9.17) is 5.11 Å². The monoisotopic (exact) mass is 276 g/mol. The van der Waals surface area contributed by atoms with Crippen molar-refractivity contribution >= 4 is 17.6 Å². The summed E-state index contributed by atoms with van der Waals surface area (Å²) in [7, 11) is 0. The highest BCUT2D eigenvalue weighted by Crippen LogP contribution is 2.27. The molecule has 5 nitrogen and oxygen atoms in total. The van der Waals surface area contributed by atoms with Crippen molar-refractivity contribution in [3.8, 4) is 0 Å². The first kappa shape index (κ1) is 14.5. The second kappa shape index (κ2) is 6.05. The summed E-state index contributed by atoms with van der Waals surface area (Å²) in [5.74, 6) is -0.946. The Morgan fingerprint density at radius 3 is 2.65 bits per heavy atom. The van der Waals surface area contributed by atoms with Crippen molar-refractivity contribution in [2.24, 2.45) is 0 Å². The molecule has 108 valence electrons. The zero-order valence-electron chi connectivity index (χ0n) is 11.9. The smallest absolute Gasteiger partial charge is 0.317 e. The zero-order valence-corrected chi connectivity index (χ0v) is 11.9. The molecule has 1 N–H and O–H groups in total. The number of amides is 1. The summed E-state index contributed by atoms with van der Waals surface area (Å²) in [5.41, 5.74) is 2.13. The molecule has 0 aliphatic carbocycles. The maximum Gasteiger partial charge on any atom is 0.317 e. The van der Waals surface area contributed by atoms with Crippen LogP contribution in [0.5, 0.6) is 0 Å². The Labute approximate surface area is 118 Å². The van der Waals surface area contributed by atoms with Crippen LogP contribution in [0.1, 0.15) is 19.4 Å². The van der Waals surface area contributed by atoms with E-state index in [0.29, 0.717) is 6.54 Å². The molecule has 0 radical (unpaired) electrons. The van der Waals surface area contributed by atoms with E-state index in [0.717, 1.165) is 12.1 Å². The lowest BCUT2D eigenvalue weighted by Crippen LogP contribution is -2.44. The first-order valence-corrected chi connectivity index (χ1v) is 6.83. The summed E-state index contributed by atoms with van der Waals surface area (Å²) in [5, 5.41) is 8.90. The van der Waals surface area contributed by atoms with Gasteiger partial charge in [0.2, 0.25) is 5.91 Å². The number of aliphatic carboxylic acids is 1. The van der Waals surface area contributed by atoms with Gasteiger partial charge in [-0.2, -0.15) is 0 Å². The molecule has 20 heavy (non-hydrogen) atoms. The molecule has 1 heterocycles. The Kier molecular flexibility index (Phi) is 4.39. The average molecular weight is 276 g/mol.